The van der Waals surface area contributed by atoms with E-state index in [1.807, 2.05) is 35.2 Å². The summed E-state index contributed by atoms with van der Waals surface area (Å²) in [6.07, 6.45) is 4.76. The number of rotatable bonds is 4. The Morgan fingerprint density at radius 2 is 1.75 bits per heavy atom. The van der Waals surface area contributed by atoms with Crippen LogP contribution in [-0.4, -0.2) is 40.8 Å². The zero-order valence-electron chi connectivity index (χ0n) is 16.1. The summed E-state index contributed by atoms with van der Waals surface area (Å²) in [6, 6.07) is 12.5. The first kappa shape index (κ1) is 18.5. The Labute approximate surface area is 165 Å². The number of nitrogens with zero attached hydrogens (tertiary/aromatic N) is 2. The molecule has 4 rings (SSSR count). The highest BCUT2D eigenvalue weighted by Gasteiger charge is 2.45. The van der Waals surface area contributed by atoms with Gasteiger partial charge in [-0.05, 0) is 50.2 Å². The maximum absolute atomic E-state index is 12.7. The van der Waals surface area contributed by atoms with Crippen molar-refractivity contribution in [3.05, 3.63) is 48.0 Å². The normalized spacial score (nSPS) is 18.5. The number of benzene rings is 1. The summed E-state index contributed by atoms with van der Waals surface area (Å²) in [4.78, 5) is 31.5. The smallest absolute Gasteiger partial charge is 0.255 e. The number of carbonyl (C=O) groups is 2. The topological polar surface area (TPSA) is 88.3 Å². The van der Waals surface area contributed by atoms with E-state index in [0.717, 1.165) is 31.5 Å². The van der Waals surface area contributed by atoms with Gasteiger partial charge < -0.3 is 16.0 Å². The zero-order chi connectivity index (χ0) is 19.7. The molecule has 6 heteroatoms. The molecule has 0 bridgehead atoms. The molecule has 1 aromatic carbocycles. The predicted molar refractivity (Wildman–Crippen MR) is 108 cm³/mol. The molecule has 28 heavy (non-hydrogen) atoms. The lowest BCUT2D eigenvalue weighted by molar-refractivity contribution is -0.134. The van der Waals surface area contributed by atoms with Crippen molar-refractivity contribution in [3.63, 3.8) is 0 Å². The van der Waals surface area contributed by atoms with Crippen molar-refractivity contribution in [2.75, 3.05) is 18.8 Å². The quantitative estimate of drug-likeness (QED) is 0.856. The number of hydrogen-bond donors (Lipinski definition) is 2. The van der Waals surface area contributed by atoms with Crippen molar-refractivity contribution >= 4 is 17.6 Å². The molecule has 2 aliphatic rings. The molecule has 0 radical (unpaired) electrons. The minimum atomic E-state index is -0.589. The highest BCUT2D eigenvalue weighted by molar-refractivity contribution is 6.01. The summed E-state index contributed by atoms with van der Waals surface area (Å²) in [5, 5.41) is 2.78. The molecule has 1 saturated heterocycles. The fourth-order valence-corrected chi connectivity index (χ4v) is 3.92. The van der Waals surface area contributed by atoms with Crippen LogP contribution >= 0.6 is 0 Å². The van der Waals surface area contributed by atoms with Gasteiger partial charge in [-0.1, -0.05) is 30.3 Å². The molecule has 1 aliphatic heterocycles. The Kier molecular flexibility index (Phi) is 4.79. The number of pyridine rings is 1. The Morgan fingerprint density at radius 1 is 1.07 bits per heavy atom. The fraction of sp³-hybridized carbons (Fsp3) is 0.409. The van der Waals surface area contributed by atoms with Crippen LogP contribution < -0.4 is 11.1 Å². The molecule has 1 aliphatic carbocycles. The predicted octanol–water partition coefficient (Wildman–Crippen LogP) is 2.85. The molecule has 1 atom stereocenters. The van der Waals surface area contributed by atoms with Crippen molar-refractivity contribution in [2.45, 2.75) is 38.6 Å². The van der Waals surface area contributed by atoms with Gasteiger partial charge in [0.2, 0.25) is 5.91 Å². The van der Waals surface area contributed by atoms with E-state index in [0.29, 0.717) is 11.1 Å². The van der Waals surface area contributed by atoms with E-state index >= 15 is 0 Å². The second-order valence-corrected chi connectivity index (χ2v) is 8.02. The average Bonchev–Trinajstić information content (AvgIpc) is 3.47. The lowest BCUT2D eigenvalue weighted by Gasteiger charge is -2.33. The monoisotopic (exact) mass is 378 g/mol. The van der Waals surface area contributed by atoms with Gasteiger partial charge in [0.25, 0.3) is 5.91 Å². The van der Waals surface area contributed by atoms with Crippen LogP contribution in [0.3, 0.4) is 0 Å². The van der Waals surface area contributed by atoms with Crippen LogP contribution in [0.5, 0.6) is 0 Å². The van der Waals surface area contributed by atoms with Gasteiger partial charge >= 0.3 is 0 Å². The molecule has 1 spiro atoms. The van der Waals surface area contributed by atoms with Crippen LogP contribution in [0.1, 0.15) is 43.0 Å². The Hall–Kier alpha value is -2.89. The minimum Gasteiger partial charge on any atom is -0.383 e. The van der Waals surface area contributed by atoms with Gasteiger partial charge in [-0.15, -0.1) is 0 Å². The Morgan fingerprint density at radius 3 is 2.36 bits per heavy atom. The van der Waals surface area contributed by atoms with E-state index in [1.165, 1.54) is 12.8 Å². The van der Waals surface area contributed by atoms with Gasteiger partial charge in [0.1, 0.15) is 11.9 Å². The maximum Gasteiger partial charge on any atom is 0.255 e. The van der Waals surface area contributed by atoms with Crippen molar-refractivity contribution in [1.29, 1.82) is 0 Å². The van der Waals surface area contributed by atoms with E-state index in [-0.39, 0.29) is 23.2 Å². The van der Waals surface area contributed by atoms with E-state index in [9.17, 15) is 9.59 Å². The van der Waals surface area contributed by atoms with Crippen LogP contribution in [0.25, 0.3) is 11.3 Å². The summed E-state index contributed by atoms with van der Waals surface area (Å²) in [6.45, 7) is 3.30. The van der Waals surface area contributed by atoms with Gasteiger partial charge in [-0.25, -0.2) is 4.98 Å². The van der Waals surface area contributed by atoms with Crippen molar-refractivity contribution in [1.82, 2.24) is 15.2 Å². The van der Waals surface area contributed by atoms with Crippen LogP contribution in [0.2, 0.25) is 0 Å². The SMILES string of the molecule is C[C@@H](NC(=O)c1ccc(-c2ccccc2)nc1N)C(=O)N1CCC2(CC1)CC2. The number of nitrogens with two attached hydrogens (primary N) is 1. The maximum atomic E-state index is 12.7. The number of carbonyl (C=O) groups excluding carboxylic acids is 2. The number of hydrogen-bond acceptors (Lipinski definition) is 4. The second-order valence-electron chi connectivity index (χ2n) is 8.02. The number of piperidine rings is 1. The van der Waals surface area contributed by atoms with E-state index < -0.39 is 6.04 Å². The summed E-state index contributed by atoms with van der Waals surface area (Å²) in [5.74, 6) is -0.246. The second kappa shape index (κ2) is 7.26. The van der Waals surface area contributed by atoms with Crippen LogP contribution in [0, 0.1) is 5.41 Å². The molecular weight excluding hydrogens is 352 g/mol. The van der Waals surface area contributed by atoms with E-state index in [4.69, 9.17) is 5.73 Å². The van der Waals surface area contributed by atoms with Crippen LogP contribution in [-0.2, 0) is 4.79 Å². The summed E-state index contributed by atoms with van der Waals surface area (Å²) in [7, 11) is 0. The van der Waals surface area contributed by atoms with Crippen molar-refractivity contribution in [2.24, 2.45) is 5.41 Å². The molecular formula is C22H26N4O2. The largest absolute Gasteiger partial charge is 0.383 e. The summed E-state index contributed by atoms with van der Waals surface area (Å²) >= 11 is 0. The zero-order valence-corrected chi connectivity index (χ0v) is 16.1. The summed E-state index contributed by atoms with van der Waals surface area (Å²) in [5.41, 5.74) is 8.47. The highest BCUT2D eigenvalue weighted by Crippen LogP contribution is 2.53. The first-order valence-corrected chi connectivity index (χ1v) is 9.89. The number of nitrogens with one attached hydrogen (secondary N) is 1. The third-order valence-corrected chi connectivity index (χ3v) is 6.05. The molecule has 6 nitrogen and oxygen atoms in total. The lowest BCUT2D eigenvalue weighted by atomic mass is 9.93. The molecule has 146 valence electrons. The number of nitrogen functional groups attached to an aromatic ring is 1. The van der Waals surface area contributed by atoms with Crippen molar-refractivity contribution < 1.29 is 9.59 Å². The van der Waals surface area contributed by atoms with Crippen LogP contribution in [0.4, 0.5) is 5.82 Å². The van der Waals surface area contributed by atoms with Gasteiger partial charge in [-0.3, -0.25) is 9.59 Å². The molecule has 1 aromatic heterocycles. The standard InChI is InChI=1S/C22H26N4O2/c1-15(21(28)26-13-11-22(9-10-22)12-14-26)24-20(27)17-7-8-18(25-19(17)23)16-5-3-2-4-6-16/h2-8,15H,9-14H2,1H3,(H2,23,25)(H,24,27)/t15-/m1/s1. The van der Waals surface area contributed by atoms with Crippen LogP contribution in [0.15, 0.2) is 42.5 Å². The van der Waals surface area contributed by atoms with Gasteiger partial charge in [0.15, 0.2) is 0 Å². The number of likely N-dealkylation sites (tertiary alicyclic amines) is 1. The molecule has 2 heterocycles. The van der Waals surface area contributed by atoms with Gasteiger partial charge in [-0.2, -0.15) is 0 Å². The molecule has 0 unspecified atom stereocenters. The third kappa shape index (κ3) is 3.72. The number of amides is 2. The fourth-order valence-electron chi connectivity index (χ4n) is 3.92. The minimum absolute atomic E-state index is 0.0312. The van der Waals surface area contributed by atoms with E-state index in [1.54, 1.807) is 19.1 Å². The van der Waals surface area contributed by atoms with Gasteiger partial charge in [0, 0.05) is 18.7 Å². The number of aromatic nitrogens is 1. The molecule has 2 amide bonds. The average molecular weight is 378 g/mol. The Bertz CT molecular complexity index is 883. The lowest BCUT2D eigenvalue weighted by Crippen LogP contribution is -2.49. The van der Waals surface area contributed by atoms with Gasteiger partial charge in [0.05, 0.1) is 11.3 Å². The molecule has 2 aromatic rings. The highest BCUT2D eigenvalue weighted by atomic mass is 16.2. The Balaban J connectivity index is 1.39. The third-order valence-electron chi connectivity index (χ3n) is 6.05. The molecule has 2 fully saturated rings. The van der Waals surface area contributed by atoms with Crippen molar-refractivity contribution in [3.8, 4) is 11.3 Å². The molecule has 1 saturated carbocycles. The molecule has 3 N–H and O–H groups in total. The first-order valence-electron chi connectivity index (χ1n) is 9.89. The number of anilines is 1. The van der Waals surface area contributed by atoms with E-state index in [2.05, 4.69) is 10.3 Å². The summed E-state index contributed by atoms with van der Waals surface area (Å²) < 4.78 is 0. The first-order chi connectivity index (χ1) is 13.5.